The highest BCUT2D eigenvalue weighted by atomic mass is 16.1. The van der Waals surface area contributed by atoms with Gasteiger partial charge in [0, 0.05) is 28.7 Å². The standard InChI is InChI=1S/C21H19N5O.C2H6/c1-13-3-6-17(22-11-13)9-20(27)25-16-7-4-15(5-8-16)19-10-18-14(2)23-12-24-21(18)26-19;1-2/h3-8,10-12H,9H2,1-2H3,(H,25,27)(H,23,24,26);1-2H3. The molecule has 0 spiro atoms. The summed E-state index contributed by atoms with van der Waals surface area (Å²) in [6, 6.07) is 13.6. The first-order chi connectivity index (χ1) is 14.1. The van der Waals surface area contributed by atoms with Gasteiger partial charge < -0.3 is 10.3 Å². The molecule has 1 amide bonds. The molecule has 0 unspecified atom stereocenters. The fourth-order valence-corrected chi connectivity index (χ4v) is 2.93. The average Bonchev–Trinajstić information content (AvgIpc) is 3.18. The van der Waals surface area contributed by atoms with Gasteiger partial charge in [-0.2, -0.15) is 0 Å². The molecule has 0 aliphatic rings. The fourth-order valence-electron chi connectivity index (χ4n) is 2.93. The number of aromatic nitrogens is 4. The van der Waals surface area contributed by atoms with Crippen LogP contribution >= 0.6 is 0 Å². The van der Waals surface area contributed by atoms with Gasteiger partial charge in [0.2, 0.25) is 5.91 Å². The largest absolute Gasteiger partial charge is 0.339 e. The van der Waals surface area contributed by atoms with Crippen LogP contribution < -0.4 is 5.32 Å². The summed E-state index contributed by atoms with van der Waals surface area (Å²) in [6.07, 6.45) is 3.57. The van der Waals surface area contributed by atoms with Crippen molar-refractivity contribution in [3.8, 4) is 11.3 Å². The predicted molar refractivity (Wildman–Crippen MR) is 117 cm³/mol. The molecule has 0 radical (unpaired) electrons. The minimum atomic E-state index is -0.0874. The lowest BCUT2D eigenvalue weighted by atomic mass is 10.1. The number of aromatic amines is 1. The summed E-state index contributed by atoms with van der Waals surface area (Å²) in [5.41, 5.74) is 6.33. The number of benzene rings is 1. The molecule has 4 aromatic rings. The molecule has 29 heavy (non-hydrogen) atoms. The second-order valence-corrected chi connectivity index (χ2v) is 6.53. The topological polar surface area (TPSA) is 83.6 Å². The molecular weight excluding hydrogens is 362 g/mol. The molecule has 148 valence electrons. The zero-order valence-corrected chi connectivity index (χ0v) is 17.2. The van der Waals surface area contributed by atoms with Crippen LogP contribution in [0.5, 0.6) is 0 Å². The maximum absolute atomic E-state index is 12.2. The molecule has 6 heteroatoms. The van der Waals surface area contributed by atoms with E-state index in [4.69, 9.17) is 0 Å². The second kappa shape index (κ2) is 9.10. The molecule has 0 saturated heterocycles. The van der Waals surface area contributed by atoms with Crippen LogP contribution in [0.4, 0.5) is 5.69 Å². The van der Waals surface area contributed by atoms with Gasteiger partial charge in [0.1, 0.15) is 12.0 Å². The number of pyridine rings is 1. The van der Waals surface area contributed by atoms with Gasteiger partial charge in [-0.3, -0.25) is 9.78 Å². The van der Waals surface area contributed by atoms with E-state index in [0.717, 1.165) is 44.9 Å². The van der Waals surface area contributed by atoms with E-state index < -0.39 is 0 Å². The van der Waals surface area contributed by atoms with E-state index >= 15 is 0 Å². The van der Waals surface area contributed by atoms with Crippen LogP contribution in [-0.2, 0) is 11.2 Å². The number of H-pyrrole nitrogens is 1. The van der Waals surface area contributed by atoms with Crippen molar-refractivity contribution in [3.05, 3.63) is 71.9 Å². The quantitative estimate of drug-likeness (QED) is 0.525. The summed E-state index contributed by atoms with van der Waals surface area (Å²) < 4.78 is 0. The third-order valence-electron chi connectivity index (χ3n) is 4.42. The lowest BCUT2D eigenvalue weighted by molar-refractivity contribution is -0.115. The maximum atomic E-state index is 12.2. The number of carbonyl (C=O) groups excluding carboxylic acids is 1. The SMILES string of the molecule is CC.Cc1ccc(CC(=O)Nc2ccc(-c3cc4c(C)ncnc4[nH]3)cc2)nc1. The number of fused-ring (bicyclic) bond motifs is 1. The maximum Gasteiger partial charge on any atom is 0.230 e. The number of carbonyl (C=O) groups is 1. The van der Waals surface area contributed by atoms with Crippen LogP contribution in [0, 0.1) is 13.8 Å². The van der Waals surface area contributed by atoms with Crippen molar-refractivity contribution in [2.45, 2.75) is 34.1 Å². The van der Waals surface area contributed by atoms with E-state index in [2.05, 4.69) is 25.3 Å². The van der Waals surface area contributed by atoms with Gasteiger partial charge in [-0.25, -0.2) is 9.97 Å². The zero-order valence-electron chi connectivity index (χ0n) is 17.2. The van der Waals surface area contributed by atoms with Gasteiger partial charge in [-0.15, -0.1) is 0 Å². The number of hydrogen-bond donors (Lipinski definition) is 2. The highest BCUT2D eigenvalue weighted by molar-refractivity contribution is 5.92. The van der Waals surface area contributed by atoms with Crippen LogP contribution in [0.25, 0.3) is 22.3 Å². The molecule has 0 fully saturated rings. The Hall–Kier alpha value is -3.54. The minimum absolute atomic E-state index is 0.0874. The number of aryl methyl sites for hydroxylation is 2. The number of anilines is 1. The van der Waals surface area contributed by atoms with Gasteiger partial charge in [0.15, 0.2) is 0 Å². The van der Waals surface area contributed by atoms with E-state index in [1.165, 1.54) is 0 Å². The molecule has 0 bridgehead atoms. The molecule has 0 atom stereocenters. The first kappa shape index (κ1) is 20.2. The molecule has 3 heterocycles. The monoisotopic (exact) mass is 387 g/mol. The van der Waals surface area contributed by atoms with Crippen LogP contribution in [-0.4, -0.2) is 25.8 Å². The Morgan fingerprint density at radius 1 is 1.00 bits per heavy atom. The summed E-state index contributed by atoms with van der Waals surface area (Å²) >= 11 is 0. The molecule has 0 saturated carbocycles. The third-order valence-corrected chi connectivity index (χ3v) is 4.42. The number of nitrogens with one attached hydrogen (secondary N) is 2. The van der Waals surface area contributed by atoms with E-state index in [0.29, 0.717) is 0 Å². The number of amides is 1. The average molecular weight is 387 g/mol. The van der Waals surface area contributed by atoms with Crippen molar-refractivity contribution in [1.82, 2.24) is 19.9 Å². The van der Waals surface area contributed by atoms with Crippen LogP contribution in [0.2, 0.25) is 0 Å². The highest BCUT2D eigenvalue weighted by Crippen LogP contribution is 2.25. The molecule has 6 nitrogen and oxygen atoms in total. The van der Waals surface area contributed by atoms with E-state index in [1.807, 2.05) is 70.2 Å². The van der Waals surface area contributed by atoms with Crippen molar-refractivity contribution in [2.75, 3.05) is 5.32 Å². The highest BCUT2D eigenvalue weighted by Gasteiger charge is 2.08. The summed E-state index contributed by atoms with van der Waals surface area (Å²) in [5, 5.41) is 3.92. The Morgan fingerprint density at radius 3 is 2.41 bits per heavy atom. The Bertz CT molecular complexity index is 1100. The number of nitrogens with zero attached hydrogens (tertiary/aromatic N) is 3. The van der Waals surface area contributed by atoms with E-state index in [-0.39, 0.29) is 12.3 Å². The normalized spacial score (nSPS) is 10.3. The summed E-state index contributed by atoms with van der Waals surface area (Å²) in [7, 11) is 0. The van der Waals surface area contributed by atoms with Crippen molar-refractivity contribution < 1.29 is 4.79 Å². The first-order valence-electron chi connectivity index (χ1n) is 9.70. The Labute approximate surface area is 170 Å². The van der Waals surface area contributed by atoms with Gasteiger partial charge in [-0.1, -0.05) is 32.0 Å². The van der Waals surface area contributed by atoms with E-state index in [9.17, 15) is 4.79 Å². The van der Waals surface area contributed by atoms with Crippen molar-refractivity contribution in [3.63, 3.8) is 0 Å². The molecule has 4 rings (SSSR count). The molecular formula is C23H25N5O. The summed E-state index contributed by atoms with van der Waals surface area (Å²) in [6.45, 7) is 7.93. The number of rotatable bonds is 4. The Kier molecular flexibility index (Phi) is 6.34. The minimum Gasteiger partial charge on any atom is -0.339 e. The van der Waals surface area contributed by atoms with Crippen molar-refractivity contribution >= 4 is 22.6 Å². The molecule has 2 N–H and O–H groups in total. The van der Waals surface area contributed by atoms with Crippen LogP contribution in [0.3, 0.4) is 0 Å². The number of hydrogen-bond acceptors (Lipinski definition) is 4. The van der Waals surface area contributed by atoms with Crippen LogP contribution in [0.1, 0.15) is 30.8 Å². The van der Waals surface area contributed by atoms with Crippen molar-refractivity contribution in [2.24, 2.45) is 0 Å². The van der Waals surface area contributed by atoms with Gasteiger partial charge in [0.05, 0.1) is 12.1 Å². The summed E-state index contributed by atoms with van der Waals surface area (Å²) in [4.78, 5) is 28.3. The smallest absolute Gasteiger partial charge is 0.230 e. The second-order valence-electron chi connectivity index (χ2n) is 6.53. The van der Waals surface area contributed by atoms with E-state index in [1.54, 1.807) is 12.5 Å². The lowest BCUT2D eigenvalue weighted by Crippen LogP contribution is -2.15. The molecule has 0 aliphatic carbocycles. The molecule has 3 aromatic heterocycles. The fraction of sp³-hybridized carbons (Fsp3) is 0.217. The van der Waals surface area contributed by atoms with Crippen molar-refractivity contribution in [1.29, 1.82) is 0 Å². The zero-order chi connectivity index (χ0) is 20.8. The van der Waals surface area contributed by atoms with Gasteiger partial charge >= 0.3 is 0 Å². The van der Waals surface area contributed by atoms with Gasteiger partial charge in [0.25, 0.3) is 0 Å². The Morgan fingerprint density at radius 2 is 1.76 bits per heavy atom. The van der Waals surface area contributed by atoms with Gasteiger partial charge in [-0.05, 0) is 49.2 Å². The summed E-state index contributed by atoms with van der Waals surface area (Å²) in [5.74, 6) is -0.0874. The van der Waals surface area contributed by atoms with Crippen LogP contribution in [0.15, 0.2) is 55.0 Å². The molecule has 1 aromatic carbocycles. The predicted octanol–water partition coefficient (Wildman–Crippen LogP) is 4.84. The molecule has 0 aliphatic heterocycles. The Balaban J connectivity index is 0.00000117. The lowest BCUT2D eigenvalue weighted by Gasteiger charge is -2.06. The first-order valence-corrected chi connectivity index (χ1v) is 9.70. The third kappa shape index (κ3) is 4.85.